The van der Waals surface area contributed by atoms with Crippen molar-refractivity contribution in [2.75, 3.05) is 17.7 Å². The van der Waals surface area contributed by atoms with Crippen LogP contribution in [0.25, 0.3) is 10.9 Å². The number of fused-ring (bicyclic) bond motifs is 1. The van der Waals surface area contributed by atoms with Gasteiger partial charge in [-0.05, 0) is 42.8 Å². The molecular formula is C20H18F3N3O4S. The zero-order chi connectivity index (χ0) is 22.4. The van der Waals surface area contributed by atoms with Gasteiger partial charge < -0.3 is 15.2 Å². The lowest BCUT2D eigenvalue weighted by Crippen LogP contribution is -2.24. The zero-order valence-electron chi connectivity index (χ0n) is 16.1. The number of carbonyl (C=O) groups is 1. The van der Waals surface area contributed by atoms with Gasteiger partial charge in [-0.2, -0.15) is 0 Å². The molecule has 7 nitrogen and oxygen atoms in total. The minimum Gasteiger partial charge on any atom is -0.406 e. The standard InChI is InChI=1S/C20H18F3N3O4S/c21-20(22,23)30-14-8-6-13(7-9-14)24-17(28)12-31-19-25-16-5-2-1-4-15(16)18(29)26(19)10-3-11-27/h1-2,4-9,27H,3,10-12H2,(H,24,28). The van der Waals surface area contributed by atoms with Gasteiger partial charge in [-0.15, -0.1) is 13.2 Å². The van der Waals surface area contributed by atoms with Gasteiger partial charge >= 0.3 is 6.36 Å². The molecule has 0 aliphatic rings. The lowest BCUT2D eigenvalue weighted by Gasteiger charge is -2.13. The smallest absolute Gasteiger partial charge is 0.406 e. The van der Waals surface area contributed by atoms with E-state index in [1.54, 1.807) is 24.3 Å². The summed E-state index contributed by atoms with van der Waals surface area (Å²) in [6.45, 7) is 0.149. The van der Waals surface area contributed by atoms with Crippen LogP contribution in [0.1, 0.15) is 6.42 Å². The predicted molar refractivity (Wildman–Crippen MR) is 110 cm³/mol. The van der Waals surface area contributed by atoms with Gasteiger partial charge in [0.05, 0.1) is 16.7 Å². The number of aromatic nitrogens is 2. The van der Waals surface area contributed by atoms with Crippen LogP contribution in [0.2, 0.25) is 0 Å². The Kier molecular flexibility index (Phi) is 7.18. The van der Waals surface area contributed by atoms with Crippen LogP contribution in [-0.2, 0) is 11.3 Å². The Morgan fingerprint density at radius 3 is 2.55 bits per heavy atom. The highest BCUT2D eigenvalue weighted by molar-refractivity contribution is 7.99. The molecule has 3 rings (SSSR count). The van der Waals surface area contributed by atoms with Gasteiger partial charge in [-0.25, -0.2) is 4.98 Å². The van der Waals surface area contributed by atoms with Gasteiger partial charge in [0.25, 0.3) is 5.56 Å². The molecule has 0 saturated carbocycles. The molecule has 1 amide bonds. The number of aliphatic hydroxyl groups is 1. The van der Waals surface area contributed by atoms with Crippen LogP contribution >= 0.6 is 11.8 Å². The molecule has 3 aromatic rings. The molecule has 1 heterocycles. The number of para-hydroxylation sites is 1. The molecule has 0 unspecified atom stereocenters. The number of carbonyl (C=O) groups excluding carboxylic acids is 1. The van der Waals surface area contributed by atoms with Crippen molar-refractivity contribution in [1.82, 2.24) is 9.55 Å². The van der Waals surface area contributed by atoms with E-state index in [1.165, 1.54) is 16.7 Å². The molecule has 2 N–H and O–H groups in total. The van der Waals surface area contributed by atoms with Crippen molar-refractivity contribution in [2.45, 2.75) is 24.5 Å². The zero-order valence-corrected chi connectivity index (χ0v) is 16.9. The topological polar surface area (TPSA) is 93.5 Å². The summed E-state index contributed by atoms with van der Waals surface area (Å²) in [6, 6.07) is 11.6. The minimum absolute atomic E-state index is 0.0787. The second kappa shape index (κ2) is 9.84. The third-order valence-corrected chi connectivity index (χ3v) is 5.05. The summed E-state index contributed by atoms with van der Waals surface area (Å²) in [7, 11) is 0. The lowest BCUT2D eigenvalue weighted by atomic mass is 10.2. The number of nitrogens with zero attached hydrogens (tertiary/aromatic N) is 2. The Bertz CT molecular complexity index is 1120. The molecule has 0 radical (unpaired) electrons. The number of thioether (sulfide) groups is 1. The van der Waals surface area contributed by atoms with E-state index in [0.29, 0.717) is 28.2 Å². The number of alkyl halides is 3. The number of ether oxygens (including phenoxy) is 1. The Morgan fingerprint density at radius 1 is 1.16 bits per heavy atom. The number of amides is 1. The van der Waals surface area contributed by atoms with Crippen molar-refractivity contribution in [3.63, 3.8) is 0 Å². The SMILES string of the molecule is O=C(CSc1nc2ccccc2c(=O)n1CCCO)Nc1ccc(OC(F)(F)F)cc1. The van der Waals surface area contributed by atoms with E-state index in [4.69, 9.17) is 5.11 Å². The van der Waals surface area contributed by atoms with Crippen LogP contribution in [0.4, 0.5) is 18.9 Å². The Morgan fingerprint density at radius 2 is 1.87 bits per heavy atom. The van der Waals surface area contributed by atoms with Crippen molar-refractivity contribution in [3.05, 3.63) is 58.9 Å². The van der Waals surface area contributed by atoms with Crippen molar-refractivity contribution >= 4 is 34.3 Å². The van der Waals surface area contributed by atoms with E-state index in [9.17, 15) is 22.8 Å². The first-order chi connectivity index (χ1) is 14.8. The monoisotopic (exact) mass is 453 g/mol. The summed E-state index contributed by atoms with van der Waals surface area (Å²) in [6.07, 6.45) is -4.44. The maximum atomic E-state index is 12.8. The second-order valence-corrected chi connectivity index (χ2v) is 7.30. The quantitative estimate of drug-likeness (QED) is 0.401. The maximum Gasteiger partial charge on any atom is 0.573 e. The highest BCUT2D eigenvalue weighted by atomic mass is 32.2. The summed E-state index contributed by atoms with van der Waals surface area (Å²) >= 11 is 1.05. The summed E-state index contributed by atoms with van der Waals surface area (Å²) in [5.74, 6) is -0.899. The number of hydrogen-bond acceptors (Lipinski definition) is 6. The molecule has 0 fully saturated rings. The third-order valence-electron chi connectivity index (χ3n) is 4.07. The van der Waals surface area contributed by atoms with E-state index in [1.807, 2.05) is 0 Å². The Labute approximate surface area is 178 Å². The molecule has 0 aliphatic heterocycles. The molecule has 164 valence electrons. The maximum absolute atomic E-state index is 12.8. The van der Waals surface area contributed by atoms with Crippen LogP contribution in [0.15, 0.2) is 58.5 Å². The number of halogens is 3. The van der Waals surface area contributed by atoms with E-state index in [0.717, 1.165) is 23.9 Å². The molecule has 1 aromatic heterocycles. The van der Waals surface area contributed by atoms with E-state index >= 15 is 0 Å². The molecule has 0 bridgehead atoms. The van der Waals surface area contributed by atoms with Gasteiger partial charge in [0, 0.05) is 18.8 Å². The molecule has 11 heteroatoms. The molecule has 0 saturated heterocycles. The molecule has 0 spiro atoms. The number of nitrogens with one attached hydrogen (secondary N) is 1. The predicted octanol–water partition coefficient (Wildman–Crippen LogP) is 3.41. The summed E-state index contributed by atoms with van der Waals surface area (Å²) < 4.78 is 41.8. The van der Waals surface area contributed by atoms with Crippen LogP contribution < -0.4 is 15.6 Å². The van der Waals surface area contributed by atoms with Crippen LogP contribution in [0.3, 0.4) is 0 Å². The largest absolute Gasteiger partial charge is 0.573 e. The Balaban J connectivity index is 1.70. The summed E-state index contributed by atoms with van der Waals surface area (Å²) in [5.41, 5.74) is 0.530. The second-order valence-electron chi connectivity index (χ2n) is 6.35. The normalized spacial score (nSPS) is 11.5. The number of aliphatic hydroxyl groups excluding tert-OH is 1. The van der Waals surface area contributed by atoms with Crippen molar-refractivity contribution in [2.24, 2.45) is 0 Å². The average Bonchev–Trinajstić information content (AvgIpc) is 2.72. The lowest BCUT2D eigenvalue weighted by molar-refractivity contribution is -0.274. The van der Waals surface area contributed by atoms with Crippen molar-refractivity contribution in [3.8, 4) is 5.75 Å². The van der Waals surface area contributed by atoms with Crippen LogP contribution in [0, 0.1) is 0 Å². The summed E-state index contributed by atoms with van der Waals surface area (Å²) in [4.78, 5) is 29.5. The van der Waals surface area contributed by atoms with Crippen molar-refractivity contribution in [1.29, 1.82) is 0 Å². The fourth-order valence-corrected chi connectivity index (χ4v) is 3.58. The fraction of sp³-hybridized carbons (Fsp3) is 0.250. The van der Waals surface area contributed by atoms with Gasteiger partial charge in [0.2, 0.25) is 5.91 Å². The highest BCUT2D eigenvalue weighted by Crippen LogP contribution is 2.24. The third kappa shape index (κ3) is 6.22. The number of hydrogen-bond donors (Lipinski definition) is 2. The van der Waals surface area contributed by atoms with Gasteiger partial charge in [0.1, 0.15) is 5.75 Å². The van der Waals surface area contributed by atoms with Crippen LogP contribution in [0.5, 0.6) is 5.75 Å². The van der Waals surface area contributed by atoms with Gasteiger partial charge in [-0.3, -0.25) is 14.2 Å². The van der Waals surface area contributed by atoms with E-state index in [-0.39, 0.29) is 24.5 Å². The van der Waals surface area contributed by atoms with E-state index < -0.39 is 18.0 Å². The first-order valence-corrected chi connectivity index (χ1v) is 10.1. The number of rotatable bonds is 8. The molecule has 31 heavy (non-hydrogen) atoms. The minimum atomic E-state index is -4.79. The molecule has 0 aliphatic carbocycles. The summed E-state index contributed by atoms with van der Waals surface area (Å²) in [5, 5.41) is 12.4. The number of benzene rings is 2. The van der Waals surface area contributed by atoms with Gasteiger partial charge in [0.15, 0.2) is 5.16 Å². The van der Waals surface area contributed by atoms with Crippen molar-refractivity contribution < 1.29 is 27.8 Å². The first kappa shape index (κ1) is 22.6. The average molecular weight is 453 g/mol. The molecule has 2 aromatic carbocycles. The fourth-order valence-electron chi connectivity index (χ4n) is 2.75. The molecule has 0 atom stereocenters. The Hall–Kier alpha value is -3.05. The van der Waals surface area contributed by atoms with Gasteiger partial charge in [-0.1, -0.05) is 23.9 Å². The number of anilines is 1. The highest BCUT2D eigenvalue weighted by Gasteiger charge is 2.31. The first-order valence-electron chi connectivity index (χ1n) is 9.16. The molecular weight excluding hydrogens is 435 g/mol. The van der Waals surface area contributed by atoms with E-state index in [2.05, 4.69) is 15.0 Å². The van der Waals surface area contributed by atoms with Crippen LogP contribution in [-0.4, -0.2) is 39.3 Å².